The second-order valence-corrected chi connectivity index (χ2v) is 27.6. The van der Waals surface area contributed by atoms with Crippen molar-refractivity contribution in [3.05, 3.63) is 144 Å². The Morgan fingerprint density at radius 2 is 0.981 bits per heavy atom. The van der Waals surface area contributed by atoms with Gasteiger partial charge in [0.2, 0.25) is 16.6 Å². The monoisotopic (exact) mass is 744 g/mol. The van der Waals surface area contributed by atoms with Crippen LogP contribution in [0, 0.1) is 0 Å². The Morgan fingerprint density at radius 3 is 1.46 bits per heavy atom. The largest absolute Gasteiger partial charge is 0.544 e. The van der Waals surface area contributed by atoms with Crippen LogP contribution in [0.1, 0.15) is 58.2 Å². The molecule has 0 amide bonds. The van der Waals surface area contributed by atoms with Crippen molar-refractivity contribution in [1.29, 1.82) is 0 Å². The Kier molecular flexibility index (Phi) is 8.44. The fourth-order valence-electron chi connectivity index (χ4n) is 7.25. The quantitative estimate of drug-likeness (QED) is 0.159. The Bertz CT molecular complexity index is 2300. The zero-order valence-corrected chi connectivity index (χ0v) is 35.4. The van der Waals surface area contributed by atoms with E-state index in [0.717, 1.165) is 45.1 Å². The summed E-state index contributed by atoms with van der Waals surface area (Å²) in [5.74, 6) is 2.78. The molecule has 0 unspecified atom stereocenters. The molecule has 0 fully saturated rings. The van der Waals surface area contributed by atoms with E-state index in [0.29, 0.717) is 0 Å². The molecule has 8 rings (SSSR count). The van der Waals surface area contributed by atoms with Crippen LogP contribution in [0.3, 0.4) is 0 Å². The van der Waals surface area contributed by atoms with Crippen LogP contribution in [0.2, 0.25) is 36.3 Å². The zero-order valence-electron chi connectivity index (χ0n) is 33.4. The predicted octanol–water partition coefficient (Wildman–Crippen LogP) is 14.3. The minimum atomic E-state index is -1.94. The van der Waals surface area contributed by atoms with Gasteiger partial charge >= 0.3 is 0 Å². The van der Waals surface area contributed by atoms with E-state index in [4.69, 9.17) is 13.6 Å². The summed E-state index contributed by atoms with van der Waals surface area (Å²) < 4.78 is 20.4. The number of fused-ring (bicyclic) bond motifs is 8. The summed E-state index contributed by atoms with van der Waals surface area (Å²) in [4.78, 5) is 0. The van der Waals surface area contributed by atoms with Gasteiger partial charge in [-0.2, -0.15) is 0 Å². The number of ether oxygens (including phenoxy) is 1. The third-order valence-electron chi connectivity index (χ3n) is 12.5. The maximum Gasteiger partial charge on any atom is 0.250 e. The molecule has 0 radical (unpaired) electrons. The molecule has 1 aliphatic carbocycles. The molecule has 5 heteroatoms. The van der Waals surface area contributed by atoms with Gasteiger partial charge in [-0.05, 0) is 135 Å². The number of rotatable bonds is 6. The van der Waals surface area contributed by atoms with Gasteiger partial charge in [0.05, 0.1) is 0 Å². The van der Waals surface area contributed by atoms with E-state index in [1.54, 1.807) is 0 Å². The van der Waals surface area contributed by atoms with Crippen molar-refractivity contribution in [2.24, 2.45) is 0 Å². The van der Waals surface area contributed by atoms with Crippen LogP contribution in [-0.4, -0.2) is 16.6 Å². The van der Waals surface area contributed by atoms with Gasteiger partial charge in [-0.1, -0.05) is 120 Å². The average Bonchev–Trinajstić information content (AvgIpc) is 3.38. The van der Waals surface area contributed by atoms with E-state index >= 15 is 0 Å². The van der Waals surface area contributed by atoms with E-state index in [1.165, 1.54) is 33.0 Å². The lowest BCUT2D eigenvalue weighted by molar-refractivity contribution is 0.166. The van der Waals surface area contributed by atoms with Crippen molar-refractivity contribution in [2.75, 3.05) is 0 Å². The van der Waals surface area contributed by atoms with E-state index in [1.807, 2.05) is 0 Å². The van der Waals surface area contributed by atoms with Crippen LogP contribution in [-0.2, 0) is 5.60 Å². The van der Waals surface area contributed by atoms with Crippen LogP contribution < -0.4 is 13.6 Å². The standard InChI is InChI=1S/C49H52O3Si2/c1-47(2,3)53(7,8)51-38-22-15-33(16-23-38)36-19-26-44-42(31-36)43-32-37(34-17-24-39(25-18-34)52-54(9,10)48(4,5)6)20-27-45(43)49(44)30-29-41-40-14-12-11-13-35(40)21-28-46(41)50-49/h11-32H,1-10H3. The number of hydrogen-bond donors (Lipinski definition) is 0. The van der Waals surface area contributed by atoms with Crippen LogP contribution in [0.4, 0.5) is 0 Å². The van der Waals surface area contributed by atoms with E-state index in [9.17, 15) is 0 Å². The summed E-state index contributed by atoms with van der Waals surface area (Å²) in [5.41, 5.74) is 9.74. The number of hydrogen-bond acceptors (Lipinski definition) is 3. The van der Waals surface area contributed by atoms with Crippen molar-refractivity contribution in [3.63, 3.8) is 0 Å². The highest BCUT2D eigenvalue weighted by Crippen LogP contribution is 2.55. The van der Waals surface area contributed by atoms with Crippen molar-refractivity contribution in [3.8, 4) is 50.6 Å². The second kappa shape index (κ2) is 12.6. The van der Waals surface area contributed by atoms with Crippen molar-refractivity contribution in [2.45, 2.75) is 83.4 Å². The minimum absolute atomic E-state index is 0.137. The fourth-order valence-corrected chi connectivity index (χ4v) is 9.31. The SMILES string of the molecule is CC(C)(C)[Si](C)(C)Oc1ccc(-c2ccc3c(c2)-c2cc(-c4ccc(O[Si](C)(C)C(C)(C)C)cc4)ccc2C32C=Cc3c(ccc4ccccc34)O2)cc1. The normalized spacial score (nSPS) is 14.7. The maximum atomic E-state index is 7.20. The van der Waals surface area contributed by atoms with Crippen molar-refractivity contribution < 1.29 is 13.6 Å². The Hall–Kier alpha value is -4.85. The lowest BCUT2D eigenvalue weighted by Crippen LogP contribution is -2.43. The smallest absolute Gasteiger partial charge is 0.250 e. The molecule has 6 aromatic carbocycles. The predicted molar refractivity (Wildman–Crippen MR) is 233 cm³/mol. The second-order valence-electron chi connectivity index (χ2n) is 18.2. The lowest BCUT2D eigenvalue weighted by atomic mass is 9.86. The molecule has 1 spiro atoms. The van der Waals surface area contributed by atoms with Crippen LogP contribution in [0.5, 0.6) is 17.2 Å². The summed E-state index contributed by atoms with van der Waals surface area (Å²) in [7, 11) is -3.88. The molecule has 0 saturated heterocycles. The van der Waals surface area contributed by atoms with E-state index in [2.05, 4.69) is 201 Å². The van der Waals surface area contributed by atoms with Crippen LogP contribution in [0.25, 0.3) is 50.2 Å². The average molecular weight is 745 g/mol. The molecule has 1 aliphatic heterocycles. The van der Waals surface area contributed by atoms with Gasteiger partial charge in [-0.25, -0.2) is 0 Å². The third-order valence-corrected chi connectivity index (χ3v) is 21.3. The van der Waals surface area contributed by atoms with E-state index < -0.39 is 22.2 Å². The van der Waals surface area contributed by atoms with Gasteiger partial charge in [-0.15, -0.1) is 0 Å². The minimum Gasteiger partial charge on any atom is -0.544 e. The molecule has 0 atom stereocenters. The highest BCUT2D eigenvalue weighted by Gasteiger charge is 2.46. The highest BCUT2D eigenvalue weighted by atomic mass is 28.4. The van der Waals surface area contributed by atoms with Gasteiger partial charge in [0.15, 0.2) is 5.60 Å². The first-order valence-electron chi connectivity index (χ1n) is 19.2. The third kappa shape index (κ3) is 6.12. The van der Waals surface area contributed by atoms with Crippen LogP contribution >= 0.6 is 0 Å². The molecule has 0 aromatic heterocycles. The summed E-state index contributed by atoms with van der Waals surface area (Å²) >= 11 is 0. The first-order valence-corrected chi connectivity index (χ1v) is 25.1. The van der Waals surface area contributed by atoms with Gasteiger partial charge in [0.1, 0.15) is 17.2 Å². The Balaban J connectivity index is 1.20. The summed E-state index contributed by atoms with van der Waals surface area (Å²) in [6.07, 6.45) is 4.54. The molecular formula is C49H52O3Si2. The summed E-state index contributed by atoms with van der Waals surface area (Å²) in [6.45, 7) is 22.8. The summed E-state index contributed by atoms with van der Waals surface area (Å²) in [5, 5.41) is 2.69. The Labute approximate surface area is 323 Å². The molecule has 54 heavy (non-hydrogen) atoms. The molecule has 274 valence electrons. The molecule has 1 heterocycles. The fraction of sp³-hybridized carbons (Fsp3) is 0.265. The first-order chi connectivity index (χ1) is 25.5. The van der Waals surface area contributed by atoms with Gasteiger partial charge in [0, 0.05) is 16.7 Å². The van der Waals surface area contributed by atoms with Gasteiger partial charge in [-0.3, -0.25) is 0 Å². The highest BCUT2D eigenvalue weighted by molar-refractivity contribution is 6.75. The van der Waals surface area contributed by atoms with Crippen molar-refractivity contribution >= 4 is 33.5 Å². The molecule has 2 aliphatic rings. The first kappa shape index (κ1) is 36.1. The lowest BCUT2D eigenvalue weighted by Gasteiger charge is -2.36. The zero-order chi connectivity index (χ0) is 38.3. The molecule has 0 saturated carbocycles. The summed E-state index contributed by atoms with van der Waals surface area (Å²) in [6, 6.07) is 43.8. The molecule has 3 nitrogen and oxygen atoms in total. The van der Waals surface area contributed by atoms with E-state index in [-0.39, 0.29) is 10.1 Å². The molecule has 6 aromatic rings. The number of benzene rings is 6. The molecule has 0 N–H and O–H groups in total. The topological polar surface area (TPSA) is 27.7 Å². The Morgan fingerprint density at radius 1 is 0.519 bits per heavy atom. The maximum absolute atomic E-state index is 7.20. The van der Waals surface area contributed by atoms with Gasteiger partial charge < -0.3 is 13.6 Å². The van der Waals surface area contributed by atoms with Crippen molar-refractivity contribution in [1.82, 2.24) is 0 Å². The molecule has 0 bridgehead atoms. The van der Waals surface area contributed by atoms with Crippen LogP contribution in [0.15, 0.2) is 127 Å². The molecular weight excluding hydrogens is 693 g/mol. The van der Waals surface area contributed by atoms with Gasteiger partial charge in [0.25, 0.3) is 0 Å².